The van der Waals surface area contributed by atoms with Gasteiger partial charge in [0.05, 0.1) is 31.4 Å². The molecule has 0 radical (unpaired) electrons. The Morgan fingerprint density at radius 1 is 0.846 bits per heavy atom. The number of nitrogens with zero attached hydrogens (tertiary/aromatic N) is 1. The number of likely N-dealkylation sites (tertiary alicyclic amines) is 1. The fourth-order valence-electron chi connectivity index (χ4n) is 4.45. The van der Waals surface area contributed by atoms with Crippen LogP contribution in [0.15, 0.2) is 78.4 Å². The van der Waals surface area contributed by atoms with E-state index >= 15 is 0 Å². The van der Waals surface area contributed by atoms with Crippen molar-refractivity contribution in [3.05, 3.63) is 95.1 Å². The van der Waals surface area contributed by atoms with Crippen LogP contribution >= 0.6 is 0 Å². The number of ketones is 1. The van der Waals surface area contributed by atoms with Crippen LogP contribution in [0.3, 0.4) is 0 Å². The maximum absolute atomic E-state index is 13.4. The van der Waals surface area contributed by atoms with Crippen LogP contribution in [-0.4, -0.2) is 41.5 Å². The molecule has 0 saturated carbocycles. The molecule has 1 fully saturated rings. The largest absolute Gasteiger partial charge is 0.507 e. The van der Waals surface area contributed by atoms with Crippen molar-refractivity contribution in [1.82, 2.24) is 4.90 Å². The summed E-state index contributed by atoms with van der Waals surface area (Å²) in [4.78, 5) is 28.2. The van der Waals surface area contributed by atoms with Crippen molar-refractivity contribution < 1.29 is 28.9 Å². The van der Waals surface area contributed by atoms with Crippen molar-refractivity contribution in [3.63, 3.8) is 0 Å². The van der Waals surface area contributed by atoms with Gasteiger partial charge in [-0.05, 0) is 79.4 Å². The van der Waals surface area contributed by atoms with E-state index in [4.69, 9.17) is 14.2 Å². The average molecular weight is 530 g/mol. The molecule has 39 heavy (non-hydrogen) atoms. The molecule has 7 heteroatoms. The first-order chi connectivity index (χ1) is 18.7. The lowest BCUT2D eigenvalue weighted by molar-refractivity contribution is -0.140. The summed E-state index contributed by atoms with van der Waals surface area (Å²) in [7, 11) is 1.59. The van der Waals surface area contributed by atoms with Gasteiger partial charge in [-0.1, -0.05) is 38.1 Å². The van der Waals surface area contributed by atoms with Gasteiger partial charge in [0.2, 0.25) is 0 Å². The quantitative estimate of drug-likeness (QED) is 0.193. The van der Waals surface area contributed by atoms with Crippen LogP contribution in [0.25, 0.3) is 5.76 Å². The number of methoxy groups -OCH3 is 1. The topological polar surface area (TPSA) is 85.3 Å². The van der Waals surface area contributed by atoms with Gasteiger partial charge >= 0.3 is 0 Å². The molecule has 1 atom stereocenters. The van der Waals surface area contributed by atoms with Crippen LogP contribution in [0.4, 0.5) is 0 Å². The van der Waals surface area contributed by atoms with E-state index in [2.05, 4.69) is 13.8 Å². The van der Waals surface area contributed by atoms with E-state index < -0.39 is 17.7 Å². The Kier molecular flexibility index (Phi) is 8.59. The molecule has 1 unspecified atom stereocenters. The highest BCUT2D eigenvalue weighted by atomic mass is 16.5. The van der Waals surface area contributed by atoms with Crippen molar-refractivity contribution in [2.75, 3.05) is 13.7 Å². The van der Waals surface area contributed by atoms with E-state index in [0.29, 0.717) is 40.9 Å². The lowest BCUT2D eigenvalue weighted by Gasteiger charge is -2.26. The zero-order chi connectivity index (χ0) is 28.1. The van der Waals surface area contributed by atoms with Crippen LogP contribution in [0.2, 0.25) is 0 Å². The first-order valence-corrected chi connectivity index (χ1v) is 13.1. The number of ether oxygens (including phenoxy) is 3. The molecule has 1 aliphatic heterocycles. The molecule has 1 amide bonds. The van der Waals surface area contributed by atoms with Crippen molar-refractivity contribution in [3.8, 4) is 17.2 Å². The van der Waals surface area contributed by atoms with E-state index in [1.165, 1.54) is 4.90 Å². The van der Waals surface area contributed by atoms with Crippen LogP contribution in [-0.2, 0) is 16.1 Å². The monoisotopic (exact) mass is 529 g/mol. The molecule has 204 valence electrons. The third-order valence-electron chi connectivity index (χ3n) is 6.33. The normalized spacial score (nSPS) is 16.7. The second-order valence-electron chi connectivity index (χ2n) is 10.2. The predicted molar refractivity (Wildman–Crippen MR) is 150 cm³/mol. The summed E-state index contributed by atoms with van der Waals surface area (Å²) in [5.74, 6) is 0.783. The van der Waals surface area contributed by atoms with Gasteiger partial charge in [-0.15, -0.1) is 0 Å². The average Bonchev–Trinajstić information content (AvgIpc) is 3.17. The molecule has 0 aromatic heterocycles. The van der Waals surface area contributed by atoms with Crippen LogP contribution < -0.4 is 14.2 Å². The Hall–Kier alpha value is -4.26. The van der Waals surface area contributed by atoms with Crippen LogP contribution in [0.1, 0.15) is 50.4 Å². The van der Waals surface area contributed by atoms with Gasteiger partial charge in [-0.2, -0.15) is 0 Å². The highest BCUT2D eigenvalue weighted by molar-refractivity contribution is 6.46. The van der Waals surface area contributed by atoms with E-state index in [1.54, 1.807) is 31.4 Å². The van der Waals surface area contributed by atoms with E-state index in [0.717, 1.165) is 5.56 Å². The third-order valence-corrected chi connectivity index (χ3v) is 6.33. The van der Waals surface area contributed by atoms with Gasteiger partial charge in [0, 0.05) is 12.1 Å². The minimum Gasteiger partial charge on any atom is -0.507 e. The summed E-state index contributed by atoms with van der Waals surface area (Å²) in [6.45, 7) is 8.76. The summed E-state index contributed by atoms with van der Waals surface area (Å²) in [5, 5.41) is 11.4. The lowest BCUT2D eigenvalue weighted by atomic mass is 9.95. The Labute approximate surface area is 229 Å². The van der Waals surface area contributed by atoms with Gasteiger partial charge in [-0.3, -0.25) is 9.59 Å². The Morgan fingerprint density at radius 2 is 1.44 bits per heavy atom. The fraction of sp³-hybridized carbons (Fsp3) is 0.312. The summed E-state index contributed by atoms with van der Waals surface area (Å²) in [6.07, 6.45) is 0.00375. The molecule has 1 N–H and O–H groups in total. The van der Waals surface area contributed by atoms with Gasteiger partial charge in [-0.25, -0.2) is 0 Å². The van der Waals surface area contributed by atoms with E-state index in [1.807, 2.05) is 62.4 Å². The molecule has 1 saturated heterocycles. The molecule has 3 aromatic carbocycles. The number of aliphatic hydroxyl groups is 1. The number of benzene rings is 3. The van der Waals surface area contributed by atoms with Crippen molar-refractivity contribution >= 4 is 17.4 Å². The second kappa shape index (κ2) is 12.1. The van der Waals surface area contributed by atoms with E-state index in [9.17, 15) is 14.7 Å². The second-order valence-corrected chi connectivity index (χ2v) is 10.2. The fourth-order valence-corrected chi connectivity index (χ4v) is 4.45. The highest BCUT2D eigenvalue weighted by Gasteiger charge is 2.46. The molecule has 0 spiro atoms. The SMILES string of the molecule is COc1ccc(CN2C(=O)C(=O)/C(=C(\O)c3ccc(OCC(C)C)cc3)C2c2ccc(OC(C)C)cc2)cc1. The molecule has 1 heterocycles. The molecule has 0 aliphatic carbocycles. The summed E-state index contributed by atoms with van der Waals surface area (Å²) in [5.41, 5.74) is 1.99. The van der Waals surface area contributed by atoms with E-state index in [-0.39, 0.29) is 24.0 Å². The summed E-state index contributed by atoms with van der Waals surface area (Å²) in [6, 6.07) is 20.7. The van der Waals surface area contributed by atoms with Gasteiger partial charge in [0.15, 0.2) is 0 Å². The van der Waals surface area contributed by atoms with Gasteiger partial charge in [0.1, 0.15) is 23.0 Å². The number of Topliss-reactive ketones (excluding diaryl/α,β-unsaturated/α-hetero) is 1. The maximum Gasteiger partial charge on any atom is 0.295 e. The van der Waals surface area contributed by atoms with Crippen LogP contribution in [0, 0.1) is 5.92 Å². The minimum atomic E-state index is -0.780. The summed E-state index contributed by atoms with van der Waals surface area (Å²) >= 11 is 0. The van der Waals surface area contributed by atoms with Crippen LogP contribution in [0.5, 0.6) is 17.2 Å². The number of hydrogen-bond acceptors (Lipinski definition) is 6. The molecular weight excluding hydrogens is 494 g/mol. The predicted octanol–water partition coefficient (Wildman–Crippen LogP) is 6.14. The Bertz CT molecular complexity index is 1320. The van der Waals surface area contributed by atoms with Gasteiger partial charge < -0.3 is 24.2 Å². The number of hydrogen-bond donors (Lipinski definition) is 1. The Morgan fingerprint density at radius 3 is 2.00 bits per heavy atom. The molecular formula is C32H35NO6. The molecule has 4 rings (SSSR count). The standard InChI is InChI=1S/C32H35NO6/c1-20(2)19-38-26-14-10-24(11-15-26)30(34)28-29(23-8-16-27(17-9-23)39-21(3)4)33(32(36)31(28)35)18-22-6-12-25(37-5)13-7-22/h6-17,20-21,29,34H,18-19H2,1-5H3/b30-28-. The third kappa shape index (κ3) is 6.42. The number of carbonyl (C=O) groups is 2. The zero-order valence-corrected chi connectivity index (χ0v) is 23.0. The number of rotatable bonds is 10. The molecule has 7 nitrogen and oxygen atoms in total. The summed E-state index contributed by atoms with van der Waals surface area (Å²) < 4.78 is 16.8. The van der Waals surface area contributed by atoms with Crippen molar-refractivity contribution in [2.24, 2.45) is 5.92 Å². The van der Waals surface area contributed by atoms with Gasteiger partial charge in [0.25, 0.3) is 11.7 Å². The lowest BCUT2D eigenvalue weighted by Crippen LogP contribution is -2.29. The maximum atomic E-state index is 13.4. The smallest absolute Gasteiger partial charge is 0.295 e. The number of aliphatic hydroxyl groups excluding tert-OH is 1. The highest BCUT2D eigenvalue weighted by Crippen LogP contribution is 2.41. The number of carbonyl (C=O) groups excluding carboxylic acids is 2. The molecule has 1 aliphatic rings. The first kappa shape index (κ1) is 27.8. The Balaban J connectivity index is 1.74. The van der Waals surface area contributed by atoms with Crippen molar-refractivity contribution in [2.45, 2.75) is 46.4 Å². The number of amides is 1. The molecule has 0 bridgehead atoms. The zero-order valence-electron chi connectivity index (χ0n) is 23.0. The van der Waals surface area contributed by atoms with Crippen molar-refractivity contribution in [1.29, 1.82) is 0 Å². The molecule has 3 aromatic rings. The minimum absolute atomic E-state index is 0.00375. The first-order valence-electron chi connectivity index (χ1n) is 13.1.